The fourth-order valence-corrected chi connectivity index (χ4v) is 11.2. The van der Waals surface area contributed by atoms with Crippen molar-refractivity contribution in [2.75, 3.05) is 26.1 Å². The maximum atomic E-state index is 3.97. The van der Waals surface area contributed by atoms with Crippen molar-refractivity contribution in [1.29, 1.82) is 0 Å². The Balaban J connectivity index is 1.40. The molecule has 4 heteroatoms. The highest BCUT2D eigenvalue weighted by molar-refractivity contribution is 5.71. The van der Waals surface area contributed by atoms with Crippen LogP contribution in [0.1, 0.15) is 155 Å². The van der Waals surface area contributed by atoms with Crippen LogP contribution in [0.25, 0.3) is 12.2 Å². The van der Waals surface area contributed by atoms with Crippen molar-refractivity contribution in [1.82, 2.24) is 0 Å². The predicted molar refractivity (Wildman–Crippen MR) is 343 cm³/mol. The van der Waals surface area contributed by atoms with Gasteiger partial charge in [0.05, 0.1) is 0 Å². The maximum absolute atomic E-state index is 3.97. The van der Waals surface area contributed by atoms with E-state index in [2.05, 4.69) is 265 Å². The number of benzene rings is 4. The summed E-state index contributed by atoms with van der Waals surface area (Å²) < 4.78 is 0. The van der Waals surface area contributed by atoms with Crippen molar-refractivity contribution in [3.63, 3.8) is 0 Å². The molecule has 0 spiro atoms. The van der Waals surface area contributed by atoms with Crippen LogP contribution >= 0.6 is 0 Å². The number of aryl methyl sites for hydroxylation is 2. The average Bonchev–Trinajstić information content (AvgIpc) is 3.46. The number of para-hydroxylation sites is 1. The van der Waals surface area contributed by atoms with Gasteiger partial charge in [0.1, 0.15) is 0 Å². The van der Waals surface area contributed by atoms with Gasteiger partial charge in [-0.3, -0.25) is 0 Å². The molecular formula is C73H94N4. The van der Waals surface area contributed by atoms with E-state index >= 15 is 0 Å². The van der Waals surface area contributed by atoms with Gasteiger partial charge in [0.2, 0.25) is 0 Å². The van der Waals surface area contributed by atoms with Gasteiger partial charge >= 0.3 is 0 Å². The van der Waals surface area contributed by atoms with Crippen LogP contribution in [0, 0.1) is 12.8 Å². The predicted octanol–water partition coefficient (Wildman–Crippen LogP) is 20.7. The molecule has 4 nitrogen and oxygen atoms in total. The summed E-state index contributed by atoms with van der Waals surface area (Å²) in [6.07, 6.45) is 49.0. The summed E-state index contributed by atoms with van der Waals surface area (Å²) in [5, 5.41) is 0. The van der Waals surface area contributed by atoms with Gasteiger partial charge in [-0.1, -0.05) is 189 Å². The van der Waals surface area contributed by atoms with Gasteiger partial charge in [0.25, 0.3) is 0 Å². The molecule has 77 heavy (non-hydrogen) atoms. The van der Waals surface area contributed by atoms with Crippen molar-refractivity contribution < 1.29 is 0 Å². The van der Waals surface area contributed by atoms with E-state index in [1.54, 1.807) is 0 Å². The molecule has 6 rings (SSSR count). The molecule has 4 aromatic carbocycles. The second-order valence-electron chi connectivity index (χ2n) is 21.0. The summed E-state index contributed by atoms with van der Waals surface area (Å²) in [6, 6.07) is 35.5. The van der Waals surface area contributed by atoms with E-state index < -0.39 is 0 Å². The third-order valence-corrected chi connectivity index (χ3v) is 15.4. The van der Waals surface area contributed by atoms with Gasteiger partial charge in [-0.25, -0.2) is 0 Å². The normalized spacial score (nSPS) is 17.3. The first-order valence-corrected chi connectivity index (χ1v) is 29.5. The molecule has 0 saturated carbocycles. The van der Waals surface area contributed by atoms with E-state index in [0.29, 0.717) is 18.0 Å². The van der Waals surface area contributed by atoms with Crippen LogP contribution in [0.4, 0.5) is 28.4 Å². The lowest BCUT2D eigenvalue weighted by Crippen LogP contribution is -2.39. The Bertz CT molecular complexity index is 2770. The van der Waals surface area contributed by atoms with Crippen LogP contribution in [-0.2, 0) is 6.42 Å². The van der Waals surface area contributed by atoms with Gasteiger partial charge in [-0.15, -0.1) is 0 Å². The molecule has 2 aliphatic carbocycles. The second-order valence-corrected chi connectivity index (χ2v) is 21.0. The average molecular weight is 1030 g/mol. The Hall–Kier alpha value is -6.78. The lowest BCUT2D eigenvalue weighted by Gasteiger charge is -2.41. The Morgan fingerprint density at radius 3 is 2.09 bits per heavy atom. The minimum atomic E-state index is 0.219. The van der Waals surface area contributed by atoms with Crippen LogP contribution in [0.3, 0.4) is 0 Å². The first-order chi connectivity index (χ1) is 37.6. The Morgan fingerprint density at radius 2 is 1.42 bits per heavy atom. The van der Waals surface area contributed by atoms with Crippen LogP contribution in [0.2, 0.25) is 0 Å². The SMILES string of the molecule is C=C/C=C\CC(C)N(c1ccc(N(/C(=C/CC)CCCN(/C(=C/CCC)CC)c2ccc(C)c(/C=C\C=C)c2)C2CC=C(N(c3ccccc3)C(C)C/C=C3/C=CC=CC3C)CC2)cc1)c1ccc(CC)c(/C=C\CC)c1. The monoisotopic (exact) mass is 1030 g/mol. The molecule has 0 N–H and O–H groups in total. The van der Waals surface area contributed by atoms with Crippen molar-refractivity contribution in [3.8, 4) is 0 Å². The van der Waals surface area contributed by atoms with Gasteiger partial charge in [-0.2, -0.15) is 0 Å². The number of nitrogens with zero attached hydrogens (tertiary/aromatic N) is 4. The third-order valence-electron chi connectivity index (χ3n) is 15.4. The lowest BCUT2D eigenvalue weighted by atomic mass is 9.92. The lowest BCUT2D eigenvalue weighted by molar-refractivity contribution is 0.531. The van der Waals surface area contributed by atoms with Crippen molar-refractivity contribution >= 4 is 40.6 Å². The van der Waals surface area contributed by atoms with Crippen molar-refractivity contribution in [2.24, 2.45) is 5.92 Å². The minimum absolute atomic E-state index is 0.219. The smallest absolute Gasteiger partial charge is 0.0419 e. The minimum Gasteiger partial charge on any atom is -0.345 e. The fourth-order valence-electron chi connectivity index (χ4n) is 11.2. The zero-order chi connectivity index (χ0) is 54.9. The first kappa shape index (κ1) is 59.5. The molecule has 2 aliphatic rings. The second kappa shape index (κ2) is 31.4. The van der Waals surface area contributed by atoms with Crippen LogP contribution < -0.4 is 19.6 Å². The van der Waals surface area contributed by atoms with E-state index in [4.69, 9.17) is 0 Å². The highest BCUT2D eigenvalue weighted by Gasteiger charge is 2.29. The maximum Gasteiger partial charge on any atom is 0.0419 e. The molecule has 406 valence electrons. The summed E-state index contributed by atoms with van der Waals surface area (Å²) in [6.45, 7) is 29.5. The first-order valence-electron chi connectivity index (χ1n) is 29.5. The van der Waals surface area contributed by atoms with E-state index in [-0.39, 0.29) is 6.04 Å². The van der Waals surface area contributed by atoms with E-state index in [1.165, 1.54) is 73.4 Å². The summed E-state index contributed by atoms with van der Waals surface area (Å²) >= 11 is 0. The largest absolute Gasteiger partial charge is 0.345 e. The summed E-state index contributed by atoms with van der Waals surface area (Å²) in [5.74, 6) is 0.436. The molecule has 0 fully saturated rings. The molecule has 0 saturated heterocycles. The number of rotatable bonds is 29. The van der Waals surface area contributed by atoms with Crippen LogP contribution in [-0.4, -0.2) is 24.7 Å². The third kappa shape index (κ3) is 16.6. The van der Waals surface area contributed by atoms with Crippen molar-refractivity contribution in [2.45, 2.75) is 164 Å². The molecule has 0 bridgehead atoms. The van der Waals surface area contributed by atoms with Crippen LogP contribution in [0.5, 0.6) is 0 Å². The highest BCUT2D eigenvalue weighted by atomic mass is 15.2. The summed E-state index contributed by atoms with van der Waals surface area (Å²) in [5.41, 5.74) is 17.1. The van der Waals surface area contributed by atoms with E-state index in [1.807, 2.05) is 18.2 Å². The Kier molecular flexibility index (Phi) is 24.3. The van der Waals surface area contributed by atoms with E-state index in [9.17, 15) is 0 Å². The van der Waals surface area contributed by atoms with Gasteiger partial charge in [0.15, 0.2) is 0 Å². The zero-order valence-electron chi connectivity index (χ0n) is 48.8. The molecule has 0 aromatic heterocycles. The number of hydrogen-bond acceptors (Lipinski definition) is 4. The van der Waals surface area contributed by atoms with Gasteiger partial charge < -0.3 is 19.6 Å². The summed E-state index contributed by atoms with van der Waals surface area (Å²) in [4.78, 5) is 10.5. The standard InChI is InChI=1S/C73H94N4/c1-12-19-24-32-59(10)76(73-45-43-61(17-6)64(56-73)34-21-14-3)69-48-52-71(53-49-69)77(66(30-16-5)39-29-54-74(65(18-7)36-22-15-4)72-44-40-58(9)63(55-72)33-20-13-2)70-50-46-68(47-51-70)75(67-37-25-23-26-38-67)60(11)41-42-62-35-28-27-31-57(62)8/h12-13,19-21,23-28,30-31,33-38,40,42-46,48-49,52-53,55-57,59-60,70H,1-2,14-18,22,29,32,39,41,47,50-51,54H2,3-11H3/b24-19-,33-20-,34-21-,62-42-,65-36+,66-30+. The molecule has 0 heterocycles. The number of anilines is 5. The van der Waals surface area contributed by atoms with Crippen molar-refractivity contribution in [3.05, 3.63) is 234 Å². The number of allylic oxidation sites excluding steroid dienone is 15. The molecular weight excluding hydrogens is 933 g/mol. The Labute approximate surface area is 468 Å². The number of hydrogen-bond donors (Lipinski definition) is 0. The number of unbranched alkanes of at least 4 members (excludes halogenated alkanes) is 1. The fraction of sp³-hybridized carbons (Fsp3) is 0.370. The van der Waals surface area contributed by atoms with Gasteiger partial charge in [0, 0.05) is 70.2 Å². The molecule has 0 amide bonds. The molecule has 4 aromatic rings. The van der Waals surface area contributed by atoms with Gasteiger partial charge in [-0.05, 0) is 192 Å². The topological polar surface area (TPSA) is 13.0 Å². The van der Waals surface area contributed by atoms with E-state index in [0.717, 1.165) is 90.0 Å². The molecule has 4 atom stereocenters. The Morgan fingerprint density at radius 1 is 0.701 bits per heavy atom. The highest BCUT2D eigenvalue weighted by Crippen LogP contribution is 2.39. The molecule has 0 radical (unpaired) electrons. The van der Waals surface area contributed by atoms with Crippen LogP contribution in [0.15, 0.2) is 212 Å². The summed E-state index contributed by atoms with van der Waals surface area (Å²) in [7, 11) is 0. The zero-order valence-corrected chi connectivity index (χ0v) is 48.8. The molecule has 4 unspecified atom stereocenters. The quantitative estimate of drug-likeness (QED) is 0.0503. The molecule has 0 aliphatic heterocycles.